The van der Waals surface area contributed by atoms with Crippen LogP contribution in [0.2, 0.25) is 0 Å². The van der Waals surface area contributed by atoms with Gasteiger partial charge in [0.25, 0.3) is 0 Å². The standard InChI is InChI=1S/C17H21N3O3/c21-15(18-10-12-6-2-1-3-7-12)11-20-16(22)13-8-4-5-9-14(13)19-17(20)23/h1-3,6-7,13-14H,4-5,8-11H2,(H,18,21)(H,19,23). The molecule has 2 atom stereocenters. The molecule has 1 saturated heterocycles. The molecule has 23 heavy (non-hydrogen) atoms. The summed E-state index contributed by atoms with van der Waals surface area (Å²) < 4.78 is 0. The number of rotatable bonds is 4. The zero-order chi connectivity index (χ0) is 16.2. The summed E-state index contributed by atoms with van der Waals surface area (Å²) >= 11 is 0. The highest BCUT2D eigenvalue weighted by Crippen LogP contribution is 2.29. The average molecular weight is 315 g/mol. The molecule has 1 aliphatic heterocycles. The summed E-state index contributed by atoms with van der Waals surface area (Å²) in [5.74, 6) is -0.719. The van der Waals surface area contributed by atoms with E-state index in [1.165, 1.54) is 0 Å². The molecule has 3 rings (SSSR count). The first-order chi connectivity index (χ1) is 11.1. The second-order valence-electron chi connectivity index (χ2n) is 6.13. The number of nitrogens with zero attached hydrogens (tertiary/aromatic N) is 1. The number of imide groups is 1. The highest BCUT2D eigenvalue weighted by atomic mass is 16.2. The Morgan fingerprint density at radius 2 is 1.91 bits per heavy atom. The summed E-state index contributed by atoms with van der Waals surface area (Å²) in [6.45, 7) is 0.163. The zero-order valence-corrected chi connectivity index (χ0v) is 13.0. The fourth-order valence-electron chi connectivity index (χ4n) is 3.28. The van der Waals surface area contributed by atoms with Crippen molar-refractivity contribution >= 4 is 17.8 Å². The number of nitrogens with one attached hydrogen (secondary N) is 2. The summed E-state index contributed by atoms with van der Waals surface area (Å²) in [7, 11) is 0. The van der Waals surface area contributed by atoms with Crippen molar-refractivity contribution in [2.75, 3.05) is 6.54 Å². The zero-order valence-electron chi connectivity index (χ0n) is 13.0. The fraction of sp³-hybridized carbons (Fsp3) is 0.471. The Bertz CT molecular complexity index is 602. The van der Waals surface area contributed by atoms with Crippen LogP contribution in [0.4, 0.5) is 4.79 Å². The second kappa shape index (κ2) is 6.81. The van der Waals surface area contributed by atoms with Crippen LogP contribution in [-0.2, 0) is 16.1 Å². The quantitative estimate of drug-likeness (QED) is 0.882. The van der Waals surface area contributed by atoms with Gasteiger partial charge >= 0.3 is 6.03 Å². The Balaban J connectivity index is 1.57. The van der Waals surface area contributed by atoms with Gasteiger partial charge in [-0.3, -0.25) is 14.5 Å². The second-order valence-corrected chi connectivity index (χ2v) is 6.13. The number of hydrogen-bond acceptors (Lipinski definition) is 3. The molecule has 2 N–H and O–H groups in total. The van der Waals surface area contributed by atoms with Gasteiger partial charge < -0.3 is 10.6 Å². The molecule has 1 aromatic rings. The van der Waals surface area contributed by atoms with Crippen molar-refractivity contribution in [1.29, 1.82) is 0 Å². The minimum absolute atomic E-state index is 0.0626. The largest absolute Gasteiger partial charge is 0.350 e. The summed E-state index contributed by atoms with van der Waals surface area (Å²) in [4.78, 5) is 37.6. The van der Waals surface area contributed by atoms with Crippen LogP contribution in [0.5, 0.6) is 0 Å². The van der Waals surface area contributed by atoms with Crippen LogP contribution >= 0.6 is 0 Å². The maximum Gasteiger partial charge on any atom is 0.324 e. The third kappa shape index (κ3) is 3.52. The van der Waals surface area contributed by atoms with E-state index in [0.29, 0.717) is 6.54 Å². The molecular formula is C17H21N3O3. The molecule has 1 aliphatic carbocycles. The fourth-order valence-corrected chi connectivity index (χ4v) is 3.28. The van der Waals surface area contributed by atoms with Crippen LogP contribution < -0.4 is 10.6 Å². The number of amides is 4. The molecular weight excluding hydrogens is 294 g/mol. The van der Waals surface area contributed by atoms with Crippen molar-refractivity contribution in [3.05, 3.63) is 35.9 Å². The Labute approximate surface area is 135 Å². The lowest BCUT2D eigenvalue weighted by Gasteiger charge is -2.39. The van der Waals surface area contributed by atoms with Crippen LogP contribution in [0.25, 0.3) is 0 Å². The lowest BCUT2D eigenvalue weighted by molar-refractivity contribution is -0.139. The van der Waals surface area contributed by atoms with Gasteiger partial charge in [0.15, 0.2) is 0 Å². The van der Waals surface area contributed by atoms with Gasteiger partial charge in [0.2, 0.25) is 11.8 Å². The summed E-state index contributed by atoms with van der Waals surface area (Å²) in [6, 6.07) is 9.00. The van der Waals surface area contributed by atoms with Gasteiger partial charge in [0, 0.05) is 12.6 Å². The maximum absolute atomic E-state index is 12.5. The van der Waals surface area contributed by atoms with E-state index in [0.717, 1.165) is 36.1 Å². The molecule has 2 aliphatic rings. The molecule has 0 aromatic heterocycles. The number of fused-ring (bicyclic) bond motifs is 1. The smallest absolute Gasteiger partial charge is 0.324 e. The van der Waals surface area contributed by atoms with Crippen molar-refractivity contribution < 1.29 is 14.4 Å². The number of benzene rings is 1. The van der Waals surface area contributed by atoms with E-state index in [2.05, 4.69) is 10.6 Å². The van der Waals surface area contributed by atoms with Crippen molar-refractivity contribution in [2.24, 2.45) is 5.92 Å². The van der Waals surface area contributed by atoms with Crippen LogP contribution in [0, 0.1) is 5.92 Å². The first-order valence-electron chi connectivity index (χ1n) is 8.07. The van der Waals surface area contributed by atoms with Gasteiger partial charge in [-0.1, -0.05) is 43.2 Å². The Hall–Kier alpha value is -2.37. The topological polar surface area (TPSA) is 78.5 Å². The first kappa shape index (κ1) is 15.5. The van der Waals surface area contributed by atoms with Gasteiger partial charge in [0.05, 0.1) is 5.92 Å². The summed E-state index contributed by atoms with van der Waals surface area (Å²) in [5, 5.41) is 5.61. The van der Waals surface area contributed by atoms with Crippen LogP contribution in [0.1, 0.15) is 31.2 Å². The summed E-state index contributed by atoms with van der Waals surface area (Å²) in [6.07, 6.45) is 3.66. The molecule has 0 bridgehead atoms. The molecule has 2 fully saturated rings. The van der Waals surface area contributed by atoms with Crippen LogP contribution in [0.15, 0.2) is 30.3 Å². The van der Waals surface area contributed by atoms with Crippen molar-refractivity contribution in [2.45, 2.75) is 38.3 Å². The number of carbonyl (C=O) groups excluding carboxylic acids is 3. The lowest BCUT2D eigenvalue weighted by Crippen LogP contribution is -2.62. The third-order valence-electron chi connectivity index (χ3n) is 4.54. The Morgan fingerprint density at radius 3 is 2.70 bits per heavy atom. The Morgan fingerprint density at radius 1 is 1.17 bits per heavy atom. The third-order valence-corrected chi connectivity index (χ3v) is 4.54. The molecule has 6 nitrogen and oxygen atoms in total. The molecule has 2 unspecified atom stereocenters. The van der Waals surface area contributed by atoms with Crippen molar-refractivity contribution in [3.63, 3.8) is 0 Å². The van der Waals surface area contributed by atoms with E-state index in [1.54, 1.807) is 0 Å². The van der Waals surface area contributed by atoms with Crippen molar-refractivity contribution in [1.82, 2.24) is 15.5 Å². The number of hydrogen-bond donors (Lipinski definition) is 2. The SMILES string of the molecule is O=C(CN1C(=O)NC2CCCCC2C1=O)NCc1ccccc1. The minimum atomic E-state index is -0.451. The van der Waals surface area contributed by atoms with Gasteiger partial charge in [-0.05, 0) is 18.4 Å². The van der Waals surface area contributed by atoms with Gasteiger partial charge in [-0.15, -0.1) is 0 Å². The molecule has 6 heteroatoms. The average Bonchev–Trinajstić information content (AvgIpc) is 2.58. The predicted molar refractivity (Wildman–Crippen MR) is 84.3 cm³/mol. The normalized spacial score (nSPS) is 23.9. The van der Waals surface area contributed by atoms with Crippen molar-refractivity contribution in [3.8, 4) is 0 Å². The van der Waals surface area contributed by atoms with E-state index in [9.17, 15) is 14.4 Å². The minimum Gasteiger partial charge on any atom is -0.350 e. The lowest BCUT2D eigenvalue weighted by atomic mass is 9.82. The van der Waals surface area contributed by atoms with E-state index >= 15 is 0 Å². The van der Waals surface area contributed by atoms with E-state index in [1.807, 2.05) is 30.3 Å². The van der Waals surface area contributed by atoms with Crippen LogP contribution in [-0.4, -0.2) is 35.3 Å². The molecule has 122 valence electrons. The number of carbonyl (C=O) groups is 3. The monoisotopic (exact) mass is 315 g/mol. The Kier molecular flexibility index (Phi) is 4.60. The molecule has 0 radical (unpaired) electrons. The highest BCUT2D eigenvalue weighted by Gasteiger charge is 2.42. The predicted octanol–water partition coefficient (Wildman–Crippen LogP) is 1.41. The van der Waals surface area contributed by atoms with Crippen LogP contribution in [0.3, 0.4) is 0 Å². The highest BCUT2D eigenvalue weighted by molar-refractivity contribution is 6.01. The maximum atomic E-state index is 12.5. The summed E-state index contributed by atoms with van der Waals surface area (Å²) in [5.41, 5.74) is 0.975. The van der Waals surface area contributed by atoms with Gasteiger partial charge in [0.1, 0.15) is 6.54 Å². The molecule has 0 spiro atoms. The molecule has 4 amide bonds. The molecule has 1 saturated carbocycles. The van der Waals surface area contributed by atoms with Gasteiger partial charge in [-0.2, -0.15) is 0 Å². The first-order valence-corrected chi connectivity index (χ1v) is 8.07. The van der Waals surface area contributed by atoms with E-state index in [4.69, 9.17) is 0 Å². The molecule has 1 aromatic carbocycles. The molecule has 1 heterocycles. The van der Waals surface area contributed by atoms with Gasteiger partial charge in [-0.25, -0.2) is 4.79 Å². The van der Waals surface area contributed by atoms with E-state index in [-0.39, 0.29) is 30.3 Å². The number of urea groups is 1. The van der Waals surface area contributed by atoms with E-state index < -0.39 is 6.03 Å².